The highest BCUT2D eigenvalue weighted by atomic mass is 16.5. The quantitative estimate of drug-likeness (QED) is 0.748. The van der Waals surface area contributed by atoms with Crippen molar-refractivity contribution in [2.75, 3.05) is 7.11 Å². The van der Waals surface area contributed by atoms with Crippen molar-refractivity contribution < 1.29 is 4.74 Å². The molecule has 0 unspecified atom stereocenters. The maximum atomic E-state index is 11.8. The van der Waals surface area contributed by atoms with E-state index in [-0.39, 0.29) is 5.56 Å². The van der Waals surface area contributed by atoms with Crippen LogP contribution in [0.1, 0.15) is 13.8 Å². The molecule has 0 spiro atoms. The normalized spacial score (nSPS) is 10.1. The highest BCUT2D eigenvalue weighted by molar-refractivity contribution is 5.23. The Bertz CT molecular complexity index is 470. The average molecular weight is 247 g/mol. The Labute approximate surface area is 109 Å². The molecule has 3 nitrogen and oxygen atoms in total. The van der Waals surface area contributed by atoms with E-state index in [4.69, 9.17) is 4.74 Å². The van der Waals surface area contributed by atoms with Gasteiger partial charge in [0, 0.05) is 6.20 Å². The van der Waals surface area contributed by atoms with Crippen LogP contribution in [0.5, 0.6) is 5.75 Å². The molecular weight excluding hydrogens is 226 g/mol. The van der Waals surface area contributed by atoms with Crippen LogP contribution in [0.25, 0.3) is 0 Å². The molecule has 18 heavy (non-hydrogen) atoms. The molecular formula is C15H21NO2. The van der Waals surface area contributed by atoms with Crippen LogP contribution in [-0.4, -0.2) is 11.7 Å². The molecule has 0 fully saturated rings. The van der Waals surface area contributed by atoms with Crippen LogP contribution in [-0.2, 0) is 6.54 Å². The van der Waals surface area contributed by atoms with Crippen LogP contribution in [0.3, 0.4) is 0 Å². The first-order chi connectivity index (χ1) is 8.72. The molecule has 0 N–H and O–H groups in total. The van der Waals surface area contributed by atoms with Gasteiger partial charge >= 0.3 is 0 Å². The number of methoxy groups -OCH3 is 1. The summed E-state index contributed by atoms with van der Waals surface area (Å²) in [4.78, 5) is 11.8. The van der Waals surface area contributed by atoms with Crippen molar-refractivity contribution in [1.29, 1.82) is 0 Å². The van der Waals surface area contributed by atoms with E-state index in [0.29, 0.717) is 12.3 Å². The van der Waals surface area contributed by atoms with Crippen LogP contribution in [0.2, 0.25) is 0 Å². The van der Waals surface area contributed by atoms with E-state index in [0.717, 1.165) is 5.57 Å². The van der Waals surface area contributed by atoms with Crippen LogP contribution >= 0.6 is 0 Å². The minimum absolute atomic E-state index is 0.151. The van der Waals surface area contributed by atoms with Gasteiger partial charge in [0.1, 0.15) is 0 Å². The standard InChI is InChI=1S/C13H15NO2.C2H6/c1-4-7-11(5-2)10-14-9-6-8-12(16-3)13(14)15;1-2/h4-9H,1-2,10H2,3H3;1-2H3/b11-7+;. The van der Waals surface area contributed by atoms with Gasteiger partial charge in [0.05, 0.1) is 13.7 Å². The van der Waals surface area contributed by atoms with Crippen LogP contribution in [0.15, 0.2) is 60.1 Å². The topological polar surface area (TPSA) is 31.2 Å². The van der Waals surface area contributed by atoms with E-state index >= 15 is 0 Å². The van der Waals surface area contributed by atoms with E-state index in [9.17, 15) is 4.79 Å². The second-order valence-corrected chi connectivity index (χ2v) is 3.19. The Kier molecular flexibility index (Phi) is 8.03. The van der Waals surface area contributed by atoms with Crippen molar-refractivity contribution in [2.24, 2.45) is 0 Å². The Morgan fingerprint density at radius 2 is 2.11 bits per heavy atom. The minimum atomic E-state index is -0.151. The third-order valence-corrected chi connectivity index (χ3v) is 2.15. The maximum absolute atomic E-state index is 11.8. The van der Waals surface area contributed by atoms with Crippen molar-refractivity contribution in [2.45, 2.75) is 20.4 Å². The fourth-order valence-electron chi connectivity index (χ4n) is 1.33. The molecule has 1 rings (SSSR count). The summed E-state index contributed by atoms with van der Waals surface area (Å²) >= 11 is 0. The van der Waals surface area contributed by atoms with Crippen molar-refractivity contribution in [3.05, 3.63) is 65.6 Å². The van der Waals surface area contributed by atoms with Gasteiger partial charge in [-0.1, -0.05) is 45.2 Å². The van der Waals surface area contributed by atoms with Crippen LogP contribution < -0.4 is 10.3 Å². The highest BCUT2D eigenvalue weighted by Gasteiger charge is 2.02. The molecule has 98 valence electrons. The fourth-order valence-corrected chi connectivity index (χ4v) is 1.33. The Balaban J connectivity index is 0.00000137. The maximum Gasteiger partial charge on any atom is 0.293 e. The van der Waals surface area contributed by atoms with Crippen molar-refractivity contribution >= 4 is 0 Å². The van der Waals surface area contributed by atoms with Gasteiger partial charge in [0.2, 0.25) is 0 Å². The minimum Gasteiger partial charge on any atom is -0.491 e. The molecule has 0 amide bonds. The van der Waals surface area contributed by atoms with Crippen molar-refractivity contribution in [3.63, 3.8) is 0 Å². The zero-order chi connectivity index (χ0) is 14.0. The number of ether oxygens (including phenoxy) is 1. The van der Waals surface area contributed by atoms with Crippen LogP contribution in [0.4, 0.5) is 0 Å². The number of nitrogens with zero attached hydrogens (tertiary/aromatic N) is 1. The van der Waals surface area contributed by atoms with Gasteiger partial charge in [0.15, 0.2) is 5.75 Å². The van der Waals surface area contributed by atoms with Gasteiger partial charge in [-0.15, -0.1) is 0 Å². The van der Waals surface area contributed by atoms with Gasteiger partial charge in [-0.3, -0.25) is 4.79 Å². The fraction of sp³-hybridized carbons (Fsp3) is 0.267. The predicted octanol–water partition coefficient (Wildman–Crippen LogP) is 3.18. The Morgan fingerprint density at radius 3 is 2.61 bits per heavy atom. The number of hydrogen-bond acceptors (Lipinski definition) is 2. The van der Waals surface area contributed by atoms with Crippen molar-refractivity contribution in [1.82, 2.24) is 4.57 Å². The molecule has 0 aliphatic heterocycles. The SMILES string of the molecule is C=C/C=C(\C=C)Cn1cccc(OC)c1=O.CC. The zero-order valence-electron chi connectivity index (χ0n) is 11.3. The van der Waals surface area contributed by atoms with Gasteiger partial charge < -0.3 is 9.30 Å². The summed E-state index contributed by atoms with van der Waals surface area (Å²) in [5.41, 5.74) is 0.771. The lowest BCUT2D eigenvalue weighted by molar-refractivity contribution is 0.403. The highest BCUT2D eigenvalue weighted by Crippen LogP contribution is 2.04. The summed E-state index contributed by atoms with van der Waals surface area (Å²) < 4.78 is 6.53. The summed E-state index contributed by atoms with van der Waals surface area (Å²) in [6.07, 6.45) is 6.90. The smallest absolute Gasteiger partial charge is 0.293 e. The number of aromatic nitrogens is 1. The number of rotatable bonds is 5. The molecule has 0 saturated carbocycles. The number of pyridine rings is 1. The molecule has 3 heteroatoms. The summed E-state index contributed by atoms with van der Waals surface area (Å²) in [7, 11) is 1.48. The van der Waals surface area contributed by atoms with E-state index in [2.05, 4.69) is 13.2 Å². The number of hydrogen-bond donors (Lipinski definition) is 0. The second kappa shape index (κ2) is 9.05. The van der Waals surface area contributed by atoms with Crippen molar-refractivity contribution in [3.8, 4) is 5.75 Å². The van der Waals surface area contributed by atoms with E-state index < -0.39 is 0 Å². The predicted molar refractivity (Wildman–Crippen MR) is 77.1 cm³/mol. The molecule has 1 aromatic heterocycles. The molecule has 0 aliphatic rings. The van der Waals surface area contributed by atoms with Gasteiger partial charge in [-0.05, 0) is 17.7 Å². The van der Waals surface area contributed by atoms with E-state index in [1.165, 1.54) is 7.11 Å². The average Bonchev–Trinajstić information content (AvgIpc) is 2.42. The molecule has 1 aromatic rings. The first-order valence-electron chi connectivity index (χ1n) is 5.90. The molecule has 0 aromatic carbocycles. The third kappa shape index (κ3) is 4.45. The monoisotopic (exact) mass is 247 g/mol. The summed E-state index contributed by atoms with van der Waals surface area (Å²) in [6, 6.07) is 3.42. The lowest BCUT2D eigenvalue weighted by Gasteiger charge is -2.07. The van der Waals surface area contributed by atoms with Gasteiger partial charge in [-0.2, -0.15) is 0 Å². The molecule has 0 radical (unpaired) electrons. The van der Waals surface area contributed by atoms with Crippen LogP contribution in [0, 0.1) is 0 Å². The Hall–Kier alpha value is -2.03. The molecule has 1 heterocycles. The molecule has 0 saturated heterocycles. The second-order valence-electron chi connectivity index (χ2n) is 3.19. The summed E-state index contributed by atoms with van der Waals surface area (Å²) in [5.74, 6) is 0.338. The molecule has 0 bridgehead atoms. The molecule has 0 aliphatic carbocycles. The largest absolute Gasteiger partial charge is 0.491 e. The first kappa shape index (κ1) is 16.0. The molecule has 0 atom stereocenters. The summed E-state index contributed by atoms with van der Waals surface area (Å²) in [5, 5.41) is 0. The number of allylic oxidation sites excluding steroid dienone is 4. The lowest BCUT2D eigenvalue weighted by atomic mass is 10.2. The first-order valence-corrected chi connectivity index (χ1v) is 5.90. The Morgan fingerprint density at radius 1 is 1.44 bits per heavy atom. The van der Waals surface area contributed by atoms with Gasteiger partial charge in [-0.25, -0.2) is 0 Å². The van der Waals surface area contributed by atoms with E-state index in [1.54, 1.807) is 35.0 Å². The summed E-state index contributed by atoms with van der Waals surface area (Å²) in [6.45, 7) is 11.8. The lowest BCUT2D eigenvalue weighted by Crippen LogP contribution is -2.21. The third-order valence-electron chi connectivity index (χ3n) is 2.15. The zero-order valence-corrected chi connectivity index (χ0v) is 11.3. The van der Waals surface area contributed by atoms with E-state index in [1.807, 2.05) is 19.9 Å². The van der Waals surface area contributed by atoms with Gasteiger partial charge in [0.25, 0.3) is 5.56 Å².